The van der Waals surface area contributed by atoms with Crippen LogP contribution in [0.1, 0.15) is 19.8 Å². The molecule has 0 aromatic heterocycles. The molecule has 1 atom stereocenters. The number of hydrogen-bond donors (Lipinski definition) is 2. The van der Waals surface area contributed by atoms with E-state index >= 15 is 0 Å². The van der Waals surface area contributed by atoms with Crippen molar-refractivity contribution < 1.29 is 14.6 Å². The van der Waals surface area contributed by atoms with Gasteiger partial charge in [0.1, 0.15) is 5.75 Å². The third kappa shape index (κ3) is 5.38. The number of amides is 1. The van der Waals surface area contributed by atoms with Crippen molar-refractivity contribution >= 4 is 17.5 Å². The largest absolute Gasteiger partial charge is 0.491 e. The Morgan fingerprint density at radius 2 is 2.22 bits per heavy atom. The minimum absolute atomic E-state index is 0.0252. The Balaban J connectivity index is 2.25. The number of aliphatic hydroxyl groups excluding tert-OH is 1. The van der Waals surface area contributed by atoms with Crippen LogP contribution in [0.3, 0.4) is 0 Å². The maximum atomic E-state index is 11.5. The van der Waals surface area contributed by atoms with E-state index in [1.54, 1.807) is 12.1 Å². The zero-order chi connectivity index (χ0) is 13.4. The Labute approximate surface area is 112 Å². The Kier molecular flexibility index (Phi) is 6.54. The SMILES string of the molecule is CC(CCO)NC(=O)CCOc1ccccc1Cl. The monoisotopic (exact) mass is 271 g/mol. The molecule has 0 fully saturated rings. The molecule has 1 unspecified atom stereocenters. The molecule has 0 saturated carbocycles. The quantitative estimate of drug-likeness (QED) is 0.797. The number of ether oxygens (including phenoxy) is 1. The lowest BCUT2D eigenvalue weighted by molar-refractivity contribution is -0.122. The van der Waals surface area contributed by atoms with Crippen LogP contribution in [0.2, 0.25) is 5.02 Å². The van der Waals surface area contributed by atoms with Crippen LogP contribution in [0.5, 0.6) is 5.75 Å². The third-order valence-electron chi connectivity index (χ3n) is 2.39. The number of aliphatic hydroxyl groups is 1. The summed E-state index contributed by atoms with van der Waals surface area (Å²) in [6.07, 6.45) is 0.818. The van der Waals surface area contributed by atoms with Gasteiger partial charge in [0.25, 0.3) is 0 Å². The zero-order valence-corrected chi connectivity index (χ0v) is 11.1. The number of benzene rings is 1. The summed E-state index contributed by atoms with van der Waals surface area (Å²) < 4.78 is 5.41. The van der Waals surface area contributed by atoms with Gasteiger partial charge in [-0.1, -0.05) is 23.7 Å². The lowest BCUT2D eigenvalue weighted by Crippen LogP contribution is -2.33. The van der Waals surface area contributed by atoms with E-state index in [4.69, 9.17) is 21.4 Å². The van der Waals surface area contributed by atoms with E-state index < -0.39 is 0 Å². The van der Waals surface area contributed by atoms with Crippen molar-refractivity contribution in [3.8, 4) is 5.75 Å². The van der Waals surface area contributed by atoms with Crippen LogP contribution in [0.15, 0.2) is 24.3 Å². The molecule has 0 aliphatic rings. The number of carbonyl (C=O) groups is 1. The molecule has 4 nitrogen and oxygen atoms in total. The third-order valence-corrected chi connectivity index (χ3v) is 2.71. The second-order valence-electron chi connectivity index (χ2n) is 4.01. The molecule has 0 saturated heterocycles. The summed E-state index contributed by atoms with van der Waals surface area (Å²) in [5.74, 6) is 0.485. The minimum Gasteiger partial charge on any atom is -0.491 e. The summed E-state index contributed by atoms with van der Waals surface area (Å²) in [6, 6.07) is 7.11. The summed E-state index contributed by atoms with van der Waals surface area (Å²) in [6.45, 7) is 2.20. The molecule has 1 aromatic rings. The van der Waals surface area contributed by atoms with Gasteiger partial charge < -0.3 is 15.2 Å². The van der Waals surface area contributed by atoms with E-state index in [1.165, 1.54) is 0 Å². The van der Waals surface area contributed by atoms with Gasteiger partial charge in [-0.15, -0.1) is 0 Å². The van der Waals surface area contributed by atoms with Crippen molar-refractivity contribution in [3.63, 3.8) is 0 Å². The average molecular weight is 272 g/mol. The molecule has 1 amide bonds. The van der Waals surface area contributed by atoms with Crippen molar-refractivity contribution in [2.45, 2.75) is 25.8 Å². The van der Waals surface area contributed by atoms with Crippen LogP contribution in [0, 0.1) is 0 Å². The first-order valence-electron chi connectivity index (χ1n) is 5.91. The van der Waals surface area contributed by atoms with Crippen LogP contribution in [-0.2, 0) is 4.79 Å². The lowest BCUT2D eigenvalue weighted by Gasteiger charge is -2.12. The van der Waals surface area contributed by atoms with Gasteiger partial charge in [-0.2, -0.15) is 0 Å². The molecule has 0 spiro atoms. The summed E-state index contributed by atoms with van der Waals surface area (Å²) in [4.78, 5) is 11.5. The predicted octanol–water partition coefficient (Wildman–Crippen LogP) is 2.00. The molecular formula is C13H18ClNO3. The van der Waals surface area contributed by atoms with Crippen LogP contribution >= 0.6 is 11.6 Å². The van der Waals surface area contributed by atoms with Gasteiger partial charge in [0.15, 0.2) is 0 Å². The summed E-state index contributed by atoms with van der Waals surface area (Å²) in [5.41, 5.74) is 0. The number of carbonyl (C=O) groups excluding carboxylic acids is 1. The summed E-state index contributed by atoms with van der Waals surface area (Å²) in [7, 11) is 0. The van der Waals surface area contributed by atoms with E-state index in [-0.39, 0.29) is 31.6 Å². The van der Waals surface area contributed by atoms with Crippen molar-refractivity contribution in [1.29, 1.82) is 0 Å². The number of rotatable bonds is 7. The molecule has 0 aliphatic carbocycles. The highest BCUT2D eigenvalue weighted by atomic mass is 35.5. The smallest absolute Gasteiger partial charge is 0.223 e. The molecule has 0 radical (unpaired) electrons. The van der Waals surface area contributed by atoms with Gasteiger partial charge in [-0.25, -0.2) is 0 Å². The highest BCUT2D eigenvalue weighted by Crippen LogP contribution is 2.22. The maximum Gasteiger partial charge on any atom is 0.223 e. The van der Waals surface area contributed by atoms with Gasteiger partial charge >= 0.3 is 0 Å². The first kappa shape index (κ1) is 14.8. The van der Waals surface area contributed by atoms with Crippen molar-refractivity contribution in [1.82, 2.24) is 5.32 Å². The fraction of sp³-hybridized carbons (Fsp3) is 0.462. The zero-order valence-electron chi connectivity index (χ0n) is 10.4. The standard InChI is InChI=1S/C13H18ClNO3/c1-10(6-8-16)15-13(17)7-9-18-12-5-3-2-4-11(12)14/h2-5,10,16H,6-9H2,1H3,(H,15,17). The second kappa shape index (κ2) is 7.95. The molecule has 1 rings (SSSR count). The summed E-state index contributed by atoms with van der Waals surface area (Å²) in [5, 5.41) is 12.0. The molecule has 100 valence electrons. The number of nitrogens with one attached hydrogen (secondary N) is 1. The fourth-order valence-corrected chi connectivity index (χ4v) is 1.62. The fourth-order valence-electron chi connectivity index (χ4n) is 1.43. The Morgan fingerprint density at radius 3 is 2.89 bits per heavy atom. The molecule has 2 N–H and O–H groups in total. The first-order chi connectivity index (χ1) is 8.63. The Hall–Kier alpha value is -1.26. The van der Waals surface area contributed by atoms with Crippen LogP contribution in [0.25, 0.3) is 0 Å². The van der Waals surface area contributed by atoms with Crippen molar-refractivity contribution in [3.05, 3.63) is 29.3 Å². The van der Waals surface area contributed by atoms with E-state index in [0.717, 1.165) is 0 Å². The minimum atomic E-state index is -0.0944. The second-order valence-corrected chi connectivity index (χ2v) is 4.42. The van der Waals surface area contributed by atoms with E-state index in [2.05, 4.69) is 5.32 Å². The lowest BCUT2D eigenvalue weighted by atomic mass is 10.2. The van der Waals surface area contributed by atoms with Gasteiger partial charge in [0.2, 0.25) is 5.91 Å². The molecule has 0 heterocycles. The Morgan fingerprint density at radius 1 is 1.50 bits per heavy atom. The molecule has 0 bridgehead atoms. The predicted molar refractivity (Wildman–Crippen MR) is 70.9 cm³/mol. The van der Waals surface area contributed by atoms with Crippen LogP contribution < -0.4 is 10.1 Å². The number of halogens is 1. The first-order valence-corrected chi connectivity index (χ1v) is 6.29. The van der Waals surface area contributed by atoms with Crippen molar-refractivity contribution in [2.75, 3.05) is 13.2 Å². The number of para-hydroxylation sites is 1. The van der Waals surface area contributed by atoms with Gasteiger partial charge in [0, 0.05) is 12.6 Å². The maximum absolute atomic E-state index is 11.5. The summed E-state index contributed by atoms with van der Waals surface area (Å²) >= 11 is 5.91. The topological polar surface area (TPSA) is 58.6 Å². The Bertz CT molecular complexity index is 384. The molecule has 5 heteroatoms. The van der Waals surface area contributed by atoms with E-state index in [1.807, 2.05) is 19.1 Å². The highest BCUT2D eigenvalue weighted by molar-refractivity contribution is 6.32. The van der Waals surface area contributed by atoms with Crippen LogP contribution in [0.4, 0.5) is 0 Å². The van der Waals surface area contributed by atoms with Crippen LogP contribution in [-0.4, -0.2) is 30.3 Å². The van der Waals surface area contributed by atoms with Gasteiger partial charge in [0.05, 0.1) is 18.1 Å². The normalized spacial score (nSPS) is 11.9. The molecule has 0 aliphatic heterocycles. The van der Waals surface area contributed by atoms with Gasteiger partial charge in [-0.05, 0) is 25.5 Å². The molecular weight excluding hydrogens is 254 g/mol. The molecule has 18 heavy (non-hydrogen) atoms. The van der Waals surface area contributed by atoms with Gasteiger partial charge in [-0.3, -0.25) is 4.79 Å². The highest BCUT2D eigenvalue weighted by Gasteiger charge is 2.07. The number of hydrogen-bond acceptors (Lipinski definition) is 3. The van der Waals surface area contributed by atoms with E-state index in [0.29, 0.717) is 17.2 Å². The average Bonchev–Trinajstić information content (AvgIpc) is 2.31. The van der Waals surface area contributed by atoms with Crippen molar-refractivity contribution in [2.24, 2.45) is 0 Å². The molecule has 1 aromatic carbocycles. The van der Waals surface area contributed by atoms with E-state index in [9.17, 15) is 4.79 Å².